The molecule has 0 saturated heterocycles. The van der Waals surface area contributed by atoms with E-state index in [2.05, 4.69) is 0 Å². The number of methoxy groups -OCH3 is 2. The number of aliphatic hydroxyl groups excluding tert-OH is 2. The Morgan fingerprint density at radius 1 is 1.08 bits per heavy atom. The maximum absolute atomic E-state index is 8.91. The summed E-state index contributed by atoms with van der Waals surface area (Å²) in [7, 11) is 3.15. The van der Waals surface area contributed by atoms with Crippen molar-refractivity contribution in [2.45, 2.75) is 25.6 Å². The van der Waals surface area contributed by atoms with Crippen LogP contribution < -0.4 is 0 Å². The SMILES string of the molecule is CO[C@H](CO)C[C@H](OC)[C@@H](C)CO. The molecular formula is C9H20O4. The molecule has 0 aromatic heterocycles. The van der Waals surface area contributed by atoms with Crippen molar-refractivity contribution in [2.24, 2.45) is 5.92 Å². The predicted octanol–water partition coefficient (Wildman–Crippen LogP) is 0.0272. The smallest absolute Gasteiger partial charge is 0.0826 e. The lowest BCUT2D eigenvalue weighted by atomic mass is 10.00. The molecule has 0 rings (SSSR count). The van der Waals surface area contributed by atoms with E-state index in [4.69, 9.17) is 19.7 Å². The van der Waals surface area contributed by atoms with Crippen molar-refractivity contribution in [1.82, 2.24) is 0 Å². The molecule has 0 unspecified atom stereocenters. The van der Waals surface area contributed by atoms with Gasteiger partial charge >= 0.3 is 0 Å². The van der Waals surface area contributed by atoms with E-state index in [0.717, 1.165) is 0 Å². The second kappa shape index (κ2) is 7.26. The molecule has 3 atom stereocenters. The zero-order valence-corrected chi connectivity index (χ0v) is 8.56. The molecule has 13 heavy (non-hydrogen) atoms. The van der Waals surface area contributed by atoms with Gasteiger partial charge < -0.3 is 19.7 Å². The van der Waals surface area contributed by atoms with Crippen LogP contribution in [0.2, 0.25) is 0 Å². The van der Waals surface area contributed by atoms with Gasteiger partial charge in [0.2, 0.25) is 0 Å². The monoisotopic (exact) mass is 192 g/mol. The molecule has 0 saturated carbocycles. The van der Waals surface area contributed by atoms with Gasteiger partial charge in [-0.05, 0) is 0 Å². The Morgan fingerprint density at radius 3 is 2.00 bits per heavy atom. The van der Waals surface area contributed by atoms with Gasteiger partial charge in [-0.2, -0.15) is 0 Å². The van der Waals surface area contributed by atoms with Crippen molar-refractivity contribution in [3.63, 3.8) is 0 Å². The Balaban J connectivity index is 3.94. The zero-order valence-electron chi connectivity index (χ0n) is 8.56. The van der Waals surface area contributed by atoms with Gasteiger partial charge in [-0.1, -0.05) is 6.92 Å². The van der Waals surface area contributed by atoms with Crippen LogP contribution in [0.25, 0.3) is 0 Å². The quantitative estimate of drug-likeness (QED) is 0.597. The van der Waals surface area contributed by atoms with E-state index >= 15 is 0 Å². The van der Waals surface area contributed by atoms with Gasteiger partial charge in [0.1, 0.15) is 0 Å². The molecular weight excluding hydrogens is 172 g/mol. The van der Waals surface area contributed by atoms with Crippen molar-refractivity contribution in [3.05, 3.63) is 0 Å². The van der Waals surface area contributed by atoms with Crippen LogP contribution in [0.5, 0.6) is 0 Å². The van der Waals surface area contributed by atoms with E-state index in [9.17, 15) is 0 Å². The number of hydrogen-bond acceptors (Lipinski definition) is 4. The fourth-order valence-corrected chi connectivity index (χ4v) is 1.18. The number of rotatable bonds is 7. The minimum Gasteiger partial charge on any atom is -0.396 e. The summed E-state index contributed by atoms with van der Waals surface area (Å²) in [4.78, 5) is 0. The van der Waals surface area contributed by atoms with E-state index in [1.807, 2.05) is 6.92 Å². The van der Waals surface area contributed by atoms with Gasteiger partial charge in [0, 0.05) is 33.2 Å². The summed E-state index contributed by atoms with van der Waals surface area (Å²) in [5, 5.41) is 17.8. The summed E-state index contributed by atoms with van der Waals surface area (Å²) >= 11 is 0. The highest BCUT2D eigenvalue weighted by atomic mass is 16.5. The Kier molecular flexibility index (Phi) is 7.17. The number of aliphatic hydroxyl groups is 2. The summed E-state index contributed by atoms with van der Waals surface area (Å²) in [6.07, 6.45) is 0.326. The van der Waals surface area contributed by atoms with Crippen LogP contribution in [0.3, 0.4) is 0 Å². The van der Waals surface area contributed by atoms with E-state index in [-0.39, 0.29) is 31.3 Å². The molecule has 80 valence electrons. The van der Waals surface area contributed by atoms with Crippen LogP contribution in [-0.4, -0.2) is 49.9 Å². The van der Waals surface area contributed by atoms with Gasteiger partial charge in [0.15, 0.2) is 0 Å². The lowest BCUT2D eigenvalue weighted by Gasteiger charge is -2.24. The van der Waals surface area contributed by atoms with Crippen molar-refractivity contribution in [3.8, 4) is 0 Å². The maximum atomic E-state index is 8.91. The summed E-state index contributed by atoms with van der Waals surface area (Å²) in [5.74, 6) is 0.0641. The van der Waals surface area contributed by atoms with E-state index in [0.29, 0.717) is 6.42 Å². The minimum atomic E-state index is -0.209. The van der Waals surface area contributed by atoms with Crippen molar-refractivity contribution in [1.29, 1.82) is 0 Å². The highest BCUT2D eigenvalue weighted by Crippen LogP contribution is 2.13. The predicted molar refractivity (Wildman–Crippen MR) is 49.5 cm³/mol. The zero-order chi connectivity index (χ0) is 10.3. The molecule has 0 amide bonds. The largest absolute Gasteiger partial charge is 0.396 e. The lowest BCUT2D eigenvalue weighted by Crippen LogP contribution is -2.30. The molecule has 0 radical (unpaired) electrons. The molecule has 4 nitrogen and oxygen atoms in total. The van der Waals surface area contributed by atoms with Crippen LogP contribution in [-0.2, 0) is 9.47 Å². The standard InChI is InChI=1S/C9H20O4/c1-7(5-10)9(13-3)4-8(6-11)12-2/h7-11H,4-6H2,1-3H3/t7-,8-,9-/m0/s1. The maximum Gasteiger partial charge on any atom is 0.0826 e. The van der Waals surface area contributed by atoms with Gasteiger partial charge in [0.25, 0.3) is 0 Å². The fraction of sp³-hybridized carbons (Fsp3) is 1.00. The summed E-state index contributed by atoms with van der Waals surface area (Å²) in [6, 6.07) is 0. The first-order valence-electron chi connectivity index (χ1n) is 4.46. The molecule has 0 aromatic carbocycles. The second-order valence-corrected chi connectivity index (χ2v) is 3.21. The molecule has 0 aliphatic rings. The lowest BCUT2D eigenvalue weighted by molar-refractivity contribution is -0.0312. The fourth-order valence-electron chi connectivity index (χ4n) is 1.18. The Morgan fingerprint density at radius 2 is 1.69 bits per heavy atom. The van der Waals surface area contributed by atoms with Crippen molar-refractivity contribution in [2.75, 3.05) is 27.4 Å². The first kappa shape index (κ1) is 12.8. The molecule has 4 heteroatoms. The van der Waals surface area contributed by atoms with E-state index in [1.165, 1.54) is 0 Å². The Labute approximate surface area is 79.5 Å². The van der Waals surface area contributed by atoms with Crippen LogP contribution in [0.15, 0.2) is 0 Å². The van der Waals surface area contributed by atoms with Crippen LogP contribution >= 0.6 is 0 Å². The average Bonchev–Trinajstić information content (AvgIpc) is 2.19. The van der Waals surface area contributed by atoms with Crippen LogP contribution in [0, 0.1) is 5.92 Å². The summed E-state index contributed by atoms with van der Waals surface area (Å²) in [6.45, 7) is 1.97. The van der Waals surface area contributed by atoms with Gasteiger partial charge in [0.05, 0.1) is 18.8 Å². The molecule has 0 aromatic rings. The van der Waals surface area contributed by atoms with Crippen LogP contribution in [0.4, 0.5) is 0 Å². The molecule has 0 aliphatic carbocycles. The Hall–Kier alpha value is -0.160. The molecule has 0 spiro atoms. The first-order chi connectivity index (χ1) is 6.19. The highest BCUT2D eigenvalue weighted by Gasteiger charge is 2.20. The summed E-state index contributed by atoms with van der Waals surface area (Å²) in [5.41, 5.74) is 0. The van der Waals surface area contributed by atoms with Crippen molar-refractivity contribution < 1.29 is 19.7 Å². The minimum absolute atomic E-state index is 0.0193. The molecule has 0 aliphatic heterocycles. The van der Waals surface area contributed by atoms with Gasteiger partial charge in [-0.25, -0.2) is 0 Å². The number of ether oxygens (including phenoxy) is 2. The third-order valence-electron chi connectivity index (χ3n) is 2.26. The highest BCUT2D eigenvalue weighted by molar-refractivity contribution is 4.70. The van der Waals surface area contributed by atoms with E-state index < -0.39 is 0 Å². The molecule has 2 N–H and O–H groups in total. The van der Waals surface area contributed by atoms with Gasteiger partial charge in [-0.3, -0.25) is 0 Å². The topological polar surface area (TPSA) is 58.9 Å². The third-order valence-corrected chi connectivity index (χ3v) is 2.26. The molecule has 0 bridgehead atoms. The van der Waals surface area contributed by atoms with Crippen molar-refractivity contribution >= 4 is 0 Å². The molecule has 0 fully saturated rings. The summed E-state index contributed by atoms with van der Waals surface area (Å²) < 4.78 is 10.2. The first-order valence-corrected chi connectivity index (χ1v) is 4.46. The van der Waals surface area contributed by atoms with E-state index in [1.54, 1.807) is 14.2 Å². The Bertz CT molecular complexity index is 114. The van der Waals surface area contributed by atoms with Crippen LogP contribution in [0.1, 0.15) is 13.3 Å². The molecule has 0 heterocycles. The van der Waals surface area contributed by atoms with Gasteiger partial charge in [-0.15, -0.1) is 0 Å². The second-order valence-electron chi connectivity index (χ2n) is 3.21. The normalized spacial score (nSPS) is 18.2. The number of hydrogen-bond donors (Lipinski definition) is 2. The average molecular weight is 192 g/mol. The third kappa shape index (κ3) is 4.57.